The van der Waals surface area contributed by atoms with Crippen LogP contribution in [0.1, 0.15) is 44.6 Å². The first-order valence-electron chi connectivity index (χ1n) is 8.33. The molecule has 1 saturated heterocycles. The van der Waals surface area contributed by atoms with Crippen molar-refractivity contribution in [2.45, 2.75) is 51.7 Å². The standard InChI is InChI=1S/C18H25NO4/c1-2-22-17(20)12-6-10-16-11-7-13-19(16)18(21)23-14-15-8-4-3-5-9-15/h3-5,8-9,16H,2,6-7,10-14H2,1H3/t16-/m0/s1. The van der Waals surface area contributed by atoms with Gasteiger partial charge >= 0.3 is 12.1 Å². The predicted molar refractivity (Wildman–Crippen MR) is 86.8 cm³/mol. The van der Waals surface area contributed by atoms with E-state index in [9.17, 15) is 9.59 Å². The van der Waals surface area contributed by atoms with Gasteiger partial charge in [0.25, 0.3) is 0 Å². The van der Waals surface area contributed by atoms with Crippen molar-refractivity contribution >= 4 is 12.1 Å². The summed E-state index contributed by atoms with van der Waals surface area (Å²) in [6.07, 6.45) is 3.68. The Morgan fingerprint density at radius 2 is 2.00 bits per heavy atom. The molecule has 23 heavy (non-hydrogen) atoms. The molecule has 0 saturated carbocycles. The highest BCUT2D eigenvalue weighted by molar-refractivity contribution is 5.69. The Hall–Kier alpha value is -2.04. The minimum absolute atomic E-state index is 0.163. The van der Waals surface area contributed by atoms with E-state index in [1.165, 1.54) is 0 Å². The number of hydrogen-bond acceptors (Lipinski definition) is 4. The Balaban J connectivity index is 1.74. The smallest absolute Gasteiger partial charge is 0.410 e. The summed E-state index contributed by atoms with van der Waals surface area (Å²) in [5.41, 5.74) is 0.985. The molecule has 1 heterocycles. The first-order chi connectivity index (χ1) is 11.2. The first kappa shape index (κ1) is 17.3. The lowest BCUT2D eigenvalue weighted by molar-refractivity contribution is -0.143. The Kier molecular flexibility index (Phi) is 6.91. The predicted octanol–water partition coefficient (Wildman–Crippen LogP) is 3.52. The number of carbonyl (C=O) groups excluding carboxylic acids is 2. The van der Waals surface area contributed by atoms with Gasteiger partial charge in [-0.05, 0) is 38.2 Å². The van der Waals surface area contributed by atoms with E-state index >= 15 is 0 Å². The maximum absolute atomic E-state index is 12.2. The third kappa shape index (κ3) is 5.58. The fourth-order valence-electron chi connectivity index (χ4n) is 2.89. The number of likely N-dealkylation sites (tertiary alicyclic amines) is 1. The third-order valence-electron chi connectivity index (χ3n) is 4.04. The van der Waals surface area contributed by atoms with Crippen LogP contribution in [-0.2, 0) is 20.9 Å². The lowest BCUT2D eigenvalue weighted by atomic mass is 10.1. The van der Waals surface area contributed by atoms with Crippen molar-refractivity contribution in [3.05, 3.63) is 35.9 Å². The SMILES string of the molecule is CCOC(=O)CCC[C@H]1CCCN1C(=O)OCc1ccccc1. The van der Waals surface area contributed by atoms with E-state index in [1.54, 1.807) is 11.8 Å². The molecular formula is C18H25NO4. The number of benzene rings is 1. The van der Waals surface area contributed by atoms with Gasteiger partial charge in [-0.1, -0.05) is 30.3 Å². The summed E-state index contributed by atoms with van der Waals surface area (Å²) in [7, 11) is 0. The van der Waals surface area contributed by atoms with Crippen LogP contribution in [0, 0.1) is 0 Å². The number of rotatable bonds is 7. The van der Waals surface area contributed by atoms with E-state index in [0.29, 0.717) is 19.6 Å². The average Bonchev–Trinajstić information content (AvgIpc) is 3.02. The average molecular weight is 319 g/mol. The first-order valence-corrected chi connectivity index (χ1v) is 8.33. The Labute approximate surface area is 137 Å². The molecule has 1 aromatic rings. The zero-order valence-electron chi connectivity index (χ0n) is 13.7. The second-order valence-corrected chi connectivity index (χ2v) is 5.73. The lowest BCUT2D eigenvalue weighted by Crippen LogP contribution is -2.36. The highest BCUT2D eigenvalue weighted by Gasteiger charge is 2.29. The Morgan fingerprint density at radius 1 is 1.22 bits per heavy atom. The number of ether oxygens (including phenoxy) is 2. The maximum Gasteiger partial charge on any atom is 0.410 e. The second-order valence-electron chi connectivity index (χ2n) is 5.73. The lowest BCUT2D eigenvalue weighted by Gasteiger charge is -2.24. The molecule has 0 spiro atoms. The van der Waals surface area contributed by atoms with E-state index < -0.39 is 0 Å². The molecule has 2 rings (SSSR count). The molecule has 0 bridgehead atoms. The molecule has 5 nitrogen and oxygen atoms in total. The van der Waals surface area contributed by atoms with Gasteiger partial charge in [0.05, 0.1) is 6.61 Å². The highest BCUT2D eigenvalue weighted by atomic mass is 16.6. The van der Waals surface area contributed by atoms with E-state index in [4.69, 9.17) is 9.47 Å². The van der Waals surface area contributed by atoms with Gasteiger partial charge in [0.1, 0.15) is 6.61 Å². The zero-order valence-corrected chi connectivity index (χ0v) is 13.7. The number of nitrogens with zero attached hydrogens (tertiary/aromatic N) is 1. The molecule has 0 aromatic heterocycles. The molecule has 5 heteroatoms. The number of hydrogen-bond donors (Lipinski definition) is 0. The van der Waals surface area contributed by atoms with Gasteiger partial charge < -0.3 is 14.4 Å². The van der Waals surface area contributed by atoms with Crippen LogP contribution < -0.4 is 0 Å². The van der Waals surface area contributed by atoms with Gasteiger partial charge in [-0.15, -0.1) is 0 Å². The van der Waals surface area contributed by atoms with Crippen LogP contribution >= 0.6 is 0 Å². The molecular weight excluding hydrogens is 294 g/mol. The molecule has 1 atom stereocenters. The van der Waals surface area contributed by atoms with Crippen LogP contribution in [0.2, 0.25) is 0 Å². The molecule has 126 valence electrons. The van der Waals surface area contributed by atoms with Crippen molar-refractivity contribution in [1.29, 1.82) is 0 Å². The molecule has 1 amide bonds. The van der Waals surface area contributed by atoms with Gasteiger partial charge in [-0.3, -0.25) is 4.79 Å². The van der Waals surface area contributed by atoms with Crippen molar-refractivity contribution in [2.24, 2.45) is 0 Å². The minimum Gasteiger partial charge on any atom is -0.466 e. The number of amides is 1. The quantitative estimate of drug-likeness (QED) is 0.722. The van der Waals surface area contributed by atoms with E-state index in [2.05, 4.69) is 0 Å². The van der Waals surface area contributed by atoms with Crippen LogP contribution in [0.15, 0.2) is 30.3 Å². The fourth-order valence-corrected chi connectivity index (χ4v) is 2.89. The van der Waals surface area contributed by atoms with Crippen molar-refractivity contribution in [3.63, 3.8) is 0 Å². The van der Waals surface area contributed by atoms with Crippen molar-refractivity contribution < 1.29 is 19.1 Å². The molecule has 0 aliphatic carbocycles. The van der Waals surface area contributed by atoms with Gasteiger partial charge in [-0.2, -0.15) is 0 Å². The minimum atomic E-state index is -0.257. The van der Waals surface area contributed by atoms with Gasteiger partial charge in [-0.25, -0.2) is 4.79 Å². The van der Waals surface area contributed by atoms with Crippen LogP contribution in [0.4, 0.5) is 4.79 Å². The van der Waals surface area contributed by atoms with Crippen LogP contribution in [0.3, 0.4) is 0 Å². The third-order valence-corrected chi connectivity index (χ3v) is 4.04. The molecule has 0 radical (unpaired) electrons. The van der Waals surface area contributed by atoms with Crippen LogP contribution in [0.5, 0.6) is 0 Å². The largest absolute Gasteiger partial charge is 0.466 e. The number of carbonyl (C=O) groups is 2. The summed E-state index contributed by atoms with van der Waals surface area (Å²) in [5.74, 6) is -0.163. The summed E-state index contributed by atoms with van der Waals surface area (Å²) < 4.78 is 10.3. The molecule has 1 aliphatic heterocycles. The van der Waals surface area contributed by atoms with Crippen LogP contribution in [0.25, 0.3) is 0 Å². The summed E-state index contributed by atoms with van der Waals surface area (Å²) >= 11 is 0. The summed E-state index contributed by atoms with van der Waals surface area (Å²) in [6.45, 7) is 3.25. The number of esters is 1. The van der Waals surface area contributed by atoms with Gasteiger partial charge in [0.15, 0.2) is 0 Å². The zero-order chi connectivity index (χ0) is 16.5. The maximum atomic E-state index is 12.2. The van der Waals surface area contributed by atoms with Gasteiger partial charge in [0.2, 0.25) is 0 Å². The van der Waals surface area contributed by atoms with E-state index in [0.717, 1.165) is 37.8 Å². The van der Waals surface area contributed by atoms with Crippen molar-refractivity contribution in [1.82, 2.24) is 4.90 Å². The summed E-state index contributed by atoms with van der Waals surface area (Å²) in [6, 6.07) is 9.84. The normalized spacial score (nSPS) is 17.1. The van der Waals surface area contributed by atoms with Crippen molar-refractivity contribution in [3.8, 4) is 0 Å². The monoisotopic (exact) mass is 319 g/mol. The topological polar surface area (TPSA) is 55.8 Å². The Bertz CT molecular complexity index is 503. The Morgan fingerprint density at radius 3 is 2.74 bits per heavy atom. The summed E-state index contributed by atoms with van der Waals surface area (Å²) in [4.78, 5) is 25.4. The van der Waals surface area contributed by atoms with E-state index in [-0.39, 0.29) is 18.1 Å². The molecule has 0 unspecified atom stereocenters. The molecule has 0 N–H and O–H groups in total. The molecule has 1 aliphatic rings. The van der Waals surface area contributed by atoms with E-state index in [1.807, 2.05) is 30.3 Å². The van der Waals surface area contributed by atoms with Crippen molar-refractivity contribution in [2.75, 3.05) is 13.2 Å². The second kappa shape index (κ2) is 9.18. The fraction of sp³-hybridized carbons (Fsp3) is 0.556. The van der Waals surface area contributed by atoms with Crippen LogP contribution in [-0.4, -0.2) is 36.2 Å². The van der Waals surface area contributed by atoms with Gasteiger partial charge in [0, 0.05) is 19.0 Å². The summed E-state index contributed by atoms with van der Waals surface area (Å²) in [5, 5.41) is 0. The molecule has 1 fully saturated rings. The molecule has 1 aromatic carbocycles. The highest BCUT2D eigenvalue weighted by Crippen LogP contribution is 2.23.